The fourth-order valence-corrected chi connectivity index (χ4v) is 3.32. The van der Waals surface area contributed by atoms with Crippen LogP contribution in [0.15, 0.2) is 48.3 Å². The molecule has 6 nitrogen and oxygen atoms in total. The van der Waals surface area contributed by atoms with E-state index in [1.54, 1.807) is 23.1 Å². The van der Waals surface area contributed by atoms with Crippen molar-refractivity contribution in [3.8, 4) is 0 Å². The molecule has 1 saturated heterocycles. The van der Waals surface area contributed by atoms with Crippen molar-refractivity contribution in [1.29, 1.82) is 0 Å². The SMILES string of the molecule is CS(=O)(=O)Nc1cccc(CN2C(=O)COC3=CC=CCC32)c1. The number of carbonyl (C=O) groups excluding carboxylic acids is 1. The van der Waals surface area contributed by atoms with E-state index in [0.29, 0.717) is 12.2 Å². The van der Waals surface area contributed by atoms with Gasteiger partial charge in [-0.1, -0.05) is 24.3 Å². The largest absolute Gasteiger partial charge is 0.486 e. The van der Waals surface area contributed by atoms with E-state index in [4.69, 9.17) is 4.74 Å². The minimum Gasteiger partial charge on any atom is -0.486 e. The number of benzene rings is 1. The minimum absolute atomic E-state index is 0.0391. The first kappa shape index (κ1) is 15.6. The Kier molecular flexibility index (Phi) is 4.12. The molecule has 122 valence electrons. The van der Waals surface area contributed by atoms with E-state index >= 15 is 0 Å². The molecule has 23 heavy (non-hydrogen) atoms. The number of fused-ring (bicyclic) bond motifs is 1. The van der Waals surface area contributed by atoms with Gasteiger partial charge >= 0.3 is 0 Å². The number of hydrogen-bond acceptors (Lipinski definition) is 4. The highest BCUT2D eigenvalue weighted by Gasteiger charge is 2.33. The van der Waals surface area contributed by atoms with Crippen molar-refractivity contribution in [2.75, 3.05) is 17.6 Å². The van der Waals surface area contributed by atoms with Gasteiger partial charge in [-0.15, -0.1) is 0 Å². The lowest BCUT2D eigenvalue weighted by Crippen LogP contribution is -2.47. The first-order valence-electron chi connectivity index (χ1n) is 7.28. The standard InChI is InChI=1S/C16H18N2O4S/c1-23(20,21)17-13-6-4-5-12(9-13)10-18-14-7-2-3-8-15(14)22-11-16(18)19/h2-6,8-9,14,17H,7,10-11H2,1H3. The number of hydrogen-bond donors (Lipinski definition) is 1. The zero-order valence-corrected chi connectivity index (χ0v) is 13.5. The summed E-state index contributed by atoms with van der Waals surface area (Å²) < 4.78 is 30.6. The Bertz CT molecular complexity index is 783. The van der Waals surface area contributed by atoms with Crippen LogP contribution >= 0.6 is 0 Å². The van der Waals surface area contributed by atoms with Gasteiger partial charge in [0.15, 0.2) is 6.61 Å². The molecule has 1 unspecified atom stereocenters. The number of amides is 1. The molecule has 3 rings (SSSR count). The van der Waals surface area contributed by atoms with Crippen molar-refractivity contribution in [1.82, 2.24) is 4.90 Å². The number of allylic oxidation sites excluding steroid dienone is 2. The Morgan fingerprint density at radius 3 is 3.00 bits per heavy atom. The molecule has 0 spiro atoms. The van der Waals surface area contributed by atoms with Crippen LogP contribution in [0.25, 0.3) is 0 Å². The van der Waals surface area contributed by atoms with E-state index in [1.807, 2.05) is 24.3 Å². The molecule has 2 aliphatic rings. The molecule has 1 aliphatic heterocycles. The summed E-state index contributed by atoms with van der Waals surface area (Å²) in [5.41, 5.74) is 1.35. The average Bonchev–Trinajstić information content (AvgIpc) is 2.49. The minimum atomic E-state index is -3.33. The van der Waals surface area contributed by atoms with Gasteiger partial charge in [0.2, 0.25) is 10.0 Å². The zero-order chi connectivity index (χ0) is 16.4. The van der Waals surface area contributed by atoms with Gasteiger partial charge in [-0.2, -0.15) is 0 Å². The van der Waals surface area contributed by atoms with Gasteiger partial charge in [0.25, 0.3) is 5.91 Å². The van der Waals surface area contributed by atoms with Gasteiger partial charge in [0.05, 0.1) is 12.3 Å². The third-order valence-corrected chi connectivity index (χ3v) is 4.33. The Hall–Kier alpha value is -2.28. The fourth-order valence-electron chi connectivity index (χ4n) is 2.77. The summed E-state index contributed by atoms with van der Waals surface area (Å²) in [6.07, 6.45) is 7.64. The maximum Gasteiger partial charge on any atom is 0.261 e. The molecule has 1 heterocycles. The molecular formula is C16H18N2O4S. The molecule has 1 atom stereocenters. The van der Waals surface area contributed by atoms with Crippen molar-refractivity contribution < 1.29 is 17.9 Å². The van der Waals surface area contributed by atoms with Gasteiger partial charge in [-0.05, 0) is 30.2 Å². The van der Waals surface area contributed by atoms with Gasteiger partial charge in [-0.3, -0.25) is 9.52 Å². The highest BCUT2D eigenvalue weighted by atomic mass is 32.2. The van der Waals surface area contributed by atoms with E-state index < -0.39 is 10.0 Å². The van der Waals surface area contributed by atoms with Gasteiger partial charge in [0, 0.05) is 12.2 Å². The predicted molar refractivity (Wildman–Crippen MR) is 87.0 cm³/mol. The number of ether oxygens (including phenoxy) is 1. The first-order valence-corrected chi connectivity index (χ1v) is 9.17. The second-order valence-electron chi connectivity index (χ2n) is 5.63. The molecule has 7 heteroatoms. The normalized spacial score (nSPS) is 20.6. The van der Waals surface area contributed by atoms with Crippen LogP contribution in [0.2, 0.25) is 0 Å². The van der Waals surface area contributed by atoms with E-state index in [9.17, 15) is 13.2 Å². The highest BCUT2D eigenvalue weighted by molar-refractivity contribution is 7.92. The number of sulfonamides is 1. The zero-order valence-electron chi connectivity index (χ0n) is 12.7. The van der Waals surface area contributed by atoms with E-state index in [1.165, 1.54) is 0 Å². The topological polar surface area (TPSA) is 75.7 Å². The fraction of sp³-hybridized carbons (Fsp3) is 0.312. The maximum atomic E-state index is 12.2. The number of rotatable bonds is 4. The lowest BCUT2D eigenvalue weighted by molar-refractivity contribution is -0.143. The van der Waals surface area contributed by atoms with Gasteiger partial charge < -0.3 is 9.64 Å². The van der Waals surface area contributed by atoms with Crippen molar-refractivity contribution in [3.63, 3.8) is 0 Å². The first-order chi connectivity index (χ1) is 10.9. The number of nitrogens with one attached hydrogen (secondary N) is 1. The summed E-state index contributed by atoms with van der Waals surface area (Å²) in [6, 6.07) is 6.98. The van der Waals surface area contributed by atoms with Crippen LogP contribution in [0.3, 0.4) is 0 Å². The van der Waals surface area contributed by atoms with E-state index in [2.05, 4.69) is 4.72 Å². The molecule has 1 aromatic rings. The van der Waals surface area contributed by atoms with Crippen LogP contribution in [0.5, 0.6) is 0 Å². The summed E-state index contributed by atoms with van der Waals surface area (Å²) in [5.74, 6) is 0.737. The summed E-state index contributed by atoms with van der Waals surface area (Å²) >= 11 is 0. The van der Waals surface area contributed by atoms with Crippen LogP contribution in [0, 0.1) is 0 Å². The smallest absolute Gasteiger partial charge is 0.261 e. The molecule has 1 N–H and O–H groups in total. The molecule has 0 bridgehead atoms. The molecule has 1 fully saturated rings. The number of nitrogens with zero attached hydrogens (tertiary/aromatic N) is 1. The van der Waals surface area contributed by atoms with Crippen LogP contribution < -0.4 is 4.72 Å². The van der Waals surface area contributed by atoms with Gasteiger partial charge in [-0.25, -0.2) is 8.42 Å². The Labute approximate surface area is 135 Å². The molecular weight excluding hydrogens is 316 g/mol. The van der Waals surface area contributed by atoms with Crippen LogP contribution in [-0.2, 0) is 26.1 Å². The van der Waals surface area contributed by atoms with Crippen molar-refractivity contribution in [2.45, 2.75) is 19.0 Å². The molecule has 1 amide bonds. The third kappa shape index (κ3) is 3.73. The monoisotopic (exact) mass is 334 g/mol. The average molecular weight is 334 g/mol. The van der Waals surface area contributed by atoms with Crippen molar-refractivity contribution in [3.05, 3.63) is 53.8 Å². The van der Waals surface area contributed by atoms with Crippen LogP contribution in [0.4, 0.5) is 5.69 Å². The number of anilines is 1. The third-order valence-electron chi connectivity index (χ3n) is 3.73. The Balaban J connectivity index is 1.80. The lowest BCUT2D eigenvalue weighted by atomic mass is 10.0. The molecule has 0 aromatic heterocycles. The molecule has 0 radical (unpaired) electrons. The second-order valence-corrected chi connectivity index (χ2v) is 7.38. The number of carbonyl (C=O) groups is 1. The molecule has 0 saturated carbocycles. The van der Waals surface area contributed by atoms with E-state index in [0.717, 1.165) is 24.0 Å². The number of morpholine rings is 1. The highest BCUT2D eigenvalue weighted by Crippen LogP contribution is 2.27. The summed E-state index contributed by atoms with van der Waals surface area (Å²) in [5, 5.41) is 0. The van der Waals surface area contributed by atoms with Gasteiger partial charge in [0.1, 0.15) is 5.76 Å². The van der Waals surface area contributed by atoms with Crippen molar-refractivity contribution in [2.24, 2.45) is 0 Å². The van der Waals surface area contributed by atoms with Crippen LogP contribution in [-0.4, -0.2) is 38.1 Å². The van der Waals surface area contributed by atoms with Crippen LogP contribution in [0.1, 0.15) is 12.0 Å². The van der Waals surface area contributed by atoms with Crippen molar-refractivity contribution >= 4 is 21.6 Å². The lowest BCUT2D eigenvalue weighted by Gasteiger charge is -2.38. The molecule has 1 aliphatic carbocycles. The second kappa shape index (κ2) is 6.08. The molecule has 1 aromatic carbocycles. The summed E-state index contributed by atoms with van der Waals surface area (Å²) in [4.78, 5) is 14.0. The summed E-state index contributed by atoms with van der Waals surface area (Å²) in [6.45, 7) is 0.453. The van der Waals surface area contributed by atoms with E-state index in [-0.39, 0.29) is 18.6 Å². The summed E-state index contributed by atoms with van der Waals surface area (Å²) in [7, 11) is -3.33. The quantitative estimate of drug-likeness (QED) is 0.908. The Morgan fingerprint density at radius 2 is 2.22 bits per heavy atom. The predicted octanol–water partition coefficient (Wildman–Crippen LogP) is 1.63. The Morgan fingerprint density at radius 1 is 1.39 bits per heavy atom. The maximum absolute atomic E-state index is 12.2.